The van der Waals surface area contributed by atoms with E-state index < -0.39 is 0 Å². The number of rotatable bonds is 1. The molecule has 0 aromatic carbocycles. The first-order valence-corrected chi connectivity index (χ1v) is 3.35. The van der Waals surface area contributed by atoms with Crippen molar-refractivity contribution in [3.8, 4) is 0 Å². The SMILES string of the molecule is CCc1[c]ccc(C)[n+]1[O-]. The zero-order valence-corrected chi connectivity index (χ0v) is 6.22. The van der Waals surface area contributed by atoms with Crippen molar-refractivity contribution in [1.29, 1.82) is 0 Å². The monoisotopic (exact) mass is 136 g/mol. The fraction of sp³-hybridized carbons (Fsp3) is 0.375. The summed E-state index contributed by atoms with van der Waals surface area (Å²) in [6.45, 7) is 3.74. The first-order valence-electron chi connectivity index (χ1n) is 3.35. The molecule has 0 N–H and O–H groups in total. The van der Waals surface area contributed by atoms with Crippen LogP contribution in [-0.2, 0) is 6.42 Å². The third kappa shape index (κ3) is 1.10. The lowest BCUT2D eigenvalue weighted by atomic mass is 10.2. The molecule has 1 heterocycles. The number of aromatic nitrogens is 1. The highest BCUT2D eigenvalue weighted by molar-refractivity contribution is 5.00. The maximum atomic E-state index is 11.1. The molecule has 2 heteroatoms. The molecule has 0 saturated carbocycles. The van der Waals surface area contributed by atoms with Crippen molar-refractivity contribution in [2.24, 2.45) is 0 Å². The van der Waals surface area contributed by atoms with E-state index in [-0.39, 0.29) is 0 Å². The molecule has 0 aliphatic rings. The molecule has 2 nitrogen and oxygen atoms in total. The second kappa shape index (κ2) is 2.69. The number of pyridine rings is 1. The Kier molecular flexibility index (Phi) is 1.90. The van der Waals surface area contributed by atoms with Gasteiger partial charge >= 0.3 is 0 Å². The number of nitrogens with zero attached hydrogens (tertiary/aromatic N) is 1. The Hall–Kier alpha value is -1.05. The average Bonchev–Trinajstić information content (AvgIpc) is 1.95. The Bertz CT molecular complexity index is 233. The molecule has 0 saturated heterocycles. The van der Waals surface area contributed by atoms with Crippen LogP contribution in [0, 0.1) is 18.2 Å². The van der Waals surface area contributed by atoms with Crippen LogP contribution >= 0.6 is 0 Å². The number of aryl methyl sites for hydroxylation is 2. The minimum atomic E-state index is 0.708. The van der Waals surface area contributed by atoms with Gasteiger partial charge in [0.05, 0.1) is 6.07 Å². The molecule has 1 rings (SSSR count). The lowest BCUT2D eigenvalue weighted by molar-refractivity contribution is -0.620. The topological polar surface area (TPSA) is 26.9 Å². The lowest BCUT2D eigenvalue weighted by Crippen LogP contribution is -2.34. The molecule has 0 amide bonds. The molecule has 1 aromatic rings. The smallest absolute Gasteiger partial charge is 0.200 e. The minimum Gasteiger partial charge on any atom is -0.618 e. The van der Waals surface area contributed by atoms with Crippen LogP contribution in [0.15, 0.2) is 12.1 Å². The van der Waals surface area contributed by atoms with Gasteiger partial charge in [-0.1, -0.05) is 6.92 Å². The van der Waals surface area contributed by atoms with Crippen molar-refractivity contribution >= 4 is 0 Å². The zero-order valence-electron chi connectivity index (χ0n) is 6.22. The fourth-order valence-electron chi connectivity index (χ4n) is 0.843. The van der Waals surface area contributed by atoms with Gasteiger partial charge in [-0.2, -0.15) is 4.73 Å². The van der Waals surface area contributed by atoms with E-state index in [1.807, 2.05) is 6.92 Å². The largest absolute Gasteiger partial charge is 0.618 e. The summed E-state index contributed by atoms with van der Waals surface area (Å²) in [6.07, 6.45) is 0.741. The van der Waals surface area contributed by atoms with E-state index in [0.29, 0.717) is 5.69 Å². The van der Waals surface area contributed by atoms with Gasteiger partial charge in [-0.3, -0.25) is 0 Å². The molecule has 0 bridgehead atoms. The van der Waals surface area contributed by atoms with Crippen molar-refractivity contribution in [2.75, 3.05) is 0 Å². The van der Waals surface area contributed by atoms with Crippen LogP contribution in [0.5, 0.6) is 0 Å². The van der Waals surface area contributed by atoms with Crippen molar-refractivity contribution in [1.82, 2.24) is 0 Å². The average molecular weight is 136 g/mol. The molecular weight excluding hydrogens is 126 g/mol. The van der Waals surface area contributed by atoms with E-state index in [2.05, 4.69) is 6.07 Å². The second-order valence-electron chi connectivity index (χ2n) is 2.21. The van der Waals surface area contributed by atoms with E-state index in [0.717, 1.165) is 16.8 Å². The minimum absolute atomic E-state index is 0.708. The Morgan fingerprint density at radius 2 is 2.40 bits per heavy atom. The van der Waals surface area contributed by atoms with Gasteiger partial charge in [-0.15, -0.1) is 0 Å². The maximum Gasteiger partial charge on any atom is 0.200 e. The Balaban J connectivity index is 3.14. The zero-order chi connectivity index (χ0) is 7.56. The summed E-state index contributed by atoms with van der Waals surface area (Å²) < 4.78 is 0.917. The third-order valence-corrected chi connectivity index (χ3v) is 1.47. The van der Waals surface area contributed by atoms with Crippen LogP contribution in [0.2, 0.25) is 0 Å². The van der Waals surface area contributed by atoms with Crippen LogP contribution in [0.4, 0.5) is 0 Å². The molecule has 0 spiro atoms. The summed E-state index contributed by atoms with van der Waals surface area (Å²) in [5.41, 5.74) is 1.44. The quantitative estimate of drug-likeness (QED) is 0.418. The molecule has 0 unspecified atom stereocenters. The third-order valence-electron chi connectivity index (χ3n) is 1.47. The van der Waals surface area contributed by atoms with Crippen LogP contribution in [0.3, 0.4) is 0 Å². The lowest BCUT2D eigenvalue weighted by Gasteiger charge is -2.02. The highest BCUT2D eigenvalue weighted by atomic mass is 16.5. The maximum absolute atomic E-state index is 11.1. The van der Waals surface area contributed by atoms with Crippen LogP contribution in [0.25, 0.3) is 0 Å². The van der Waals surface area contributed by atoms with Gasteiger partial charge in [0.2, 0.25) is 5.69 Å². The van der Waals surface area contributed by atoms with E-state index in [4.69, 9.17) is 0 Å². The van der Waals surface area contributed by atoms with Gasteiger partial charge < -0.3 is 5.21 Å². The highest BCUT2D eigenvalue weighted by Crippen LogP contribution is 1.93. The Labute approximate surface area is 60.7 Å². The van der Waals surface area contributed by atoms with E-state index in [9.17, 15) is 5.21 Å². The summed E-state index contributed by atoms with van der Waals surface area (Å²) in [6, 6.07) is 6.41. The van der Waals surface area contributed by atoms with Crippen molar-refractivity contribution < 1.29 is 4.73 Å². The molecule has 10 heavy (non-hydrogen) atoms. The molecule has 0 atom stereocenters. The van der Waals surface area contributed by atoms with Gasteiger partial charge in [-0.05, 0) is 6.07 Å². The fourth-order valence-corrected chi connectivity index (χ4v) is 0.843. The van der Waals surface area contributed by atoms with Gasteiger partial charge in [0.25, 0.3) is 0 Å². The van der Waals surface area contributed by atoms with Gasteiger partial charge in [0.15, 0.2) is 5.69 Å². The molecule has 1 aromatic heterocycles. The van der Waals surface area contributed by atoms with E-state index in [1.54, 1.807) is 19.1 Å². The highest BCUT2D eigenvalue weighted by Gasteiger charge is 2.02. The van der Waals surface area contributed by atoms with E-state index >= 15 is 0 Å². The van der Waals surface area contributed by atoms with Crippen molar-refractivity contribution in [3.63, 3.8) is 0 Å². The summed E-state index contributed by atoms with van der Waals surface area (Å²) >= 11 is 0. The van der Waals surface area contributed by atoms with Crippen molar-refractivity contribution in [3.05, 3.63) is 34.8 Å². The normalized spacial score (nSPS) is 9.80. The first kappa shape index (κ1) is 7.06. The molecule has 0 aliphatic carbocycles. The number of hydrogen-bond donors (Lipinski definition) is 0. The molecule has 0 aliphatic heterocycles. The Morgan fingerprint density at radius 3 is 2.90 bits per heavy atom. The van der Waals surface area contributed by atoms with Gasteiger partial charge in [0.1, 0.15) is 0 Å². The molecule has 1 radical (unpaired) electrons. The molecule has 0 fully saturated rings. The van der Waals surface area contributed by atoms with Gasteiger partial charge in [0, 0.05) is 19.4 Å². The van der Waals surface area contributed by atoms with Gasteiger partial charge in [-0.25, -0.2) is 0 Å². The summed E-state index contributed by atoms with van der Waals surface area (Å²) in [7, 11) is 0. The number of hydrogen-bond acceptors (Lipinski definition) is 1. The molecule has 53 valence electrons. The molecular formula is C8H10NO. The predicted molar refractivity (Wildman–Crippen MR) is 38.4 cm³/mol. The first-order chi connectivity index (χ1) is 4.75. The van der Waals surface area contributed by atoms with Crippen LogP contribution in [-0.4, -0.2) is 0 Å². The second-order valence-corrected chi connectivity index (χ2v) is 2.21. The summed E-state index contributed by atoms with van der Waals surface area (Å²) in [5, 5.41) is 11.1. The summed E-state index contributed by atoms with van der Waals surface area (Å²) in [4.78, 5) is 0. The van der Waals surface area contributed by atoms with Crippen molar-refractivity contribution in [2.45, 2.75) is 20.3 Å². The van der Waals surface area contributed by atoms with Crippen LogP contribution in [0.1, 0.15) is 18.3 Å². The standard InChI is InChI=1S/C8H10NO/c1-3-8-6-4-5-7(2)9(8)10/h4-5H,3H2,1-2H3. The van der Waals surface area contributed by atoms with E-state index in [1.165, 1.54) is 0 Å². The van der Waals surface area contributed by atoms with Crippen LogP contribution < -0.4 is 4.73 Å². The summed E-state index contributed by atoms with van der Waals surface area (Å²) in [5.74, 6) is 0. The predicted octanol–water partition coefficient (Wildman–Crippen LogP) is 0.991. The Morgan fingerprint density at radius 1 is 1.70 bits per heavy atom.